The molecule has 1 aromatic carbocycles. The molecule has 2 rings (SSSR count). The molecule has 5 nitrogen and oxygen atoms in total. The van der Waals surface area contributed by atoms with E-state index < -0.39 is 0 Å². The Hall–Kier alpha value is -1.95. The summed E-state index contributed by atoms with van der Waals surface area (Å²) in [5, 5.41) is 3.64. The number of hydrogen-bond donors (Lipinski definition) is 1. The second-order valence-electron chi connectivity index (χ2n) is 4.97. The number of imidazole rings is 1. The number of aryl methyl sites for hydroxylation is 1. The quantitative estimate of drug-likeness (QED) is 0.796. The van der Waals surface area contributed by atoms with E-state index in [4.69, 9.17) is 4.74 Å². The molecule has 1 atom stereocenters. The maximum Gasteiger partial charge on any atom is 0.233 e. The Morgan fingerprint density at radius 1 is 1.41 bits per heavy atom. The highest BCUT2D eigenvalue weighted by molar-refractivity contribution is 8.00. The molecule has 0 spiro atoms. The summed E-state index contributed by atoms with van der Waals surface area (Å²) in [6.45, 7) is 2.51. The van der Waals surface area contributed by atoms with E-state index in [1.54, 1.807) is 13.3 Å². The second kappa shape index (κ2) is 7.89. The van der Waals surface area contributed by atoms with Gasteiger partial charge in [-0.05, 0) is 31.0 Å². The van der Waals surface area contributed by atoms with Gasteiger partial charge >= 0.3 is 0 Å². The molecule has 1 aromatic heterocycles. The number of methoxy groups -OCH3 is 1. The van der Waals surface area contributed by atoms with Gasteiger partial charge in [0.1, 0.15) is 5.75 Å². The van der Waals surface area contributed by atoms with Gasteiger partial charge < -0.3 is 14.6 Å². The molecular weight excluding hydrogens is 298 g/mol. The minimum Gasteiger partial charge on any atom is -0.497 e. The minimum atomic E-state index is -0.169. The van der Waals surface area contributed by atoms with Crippen molar-refractivity contribution in [2.24, 2.45) is 7.05 Å². The van der Waals surface area contributed by atoms with Crippen LogP contribution >= 0.6 is 11.8 Å². The average molecular weight is 319 g/mol. The van der Waals surface area contributed by atoms with E-state index >= 15 is 0 Å². The predicted molar refractivity (Wildman–Crippen MR) is 88.2 cm³/mol. The molecule has 1 heterocycles. The van der Waals surface area contributed by atoms with Crippen LogP contribution in [0.25, 0.3) is 0 Å². The van der Waals surface area contributed by atoms with Crippen molar-refractivity contribution in [2.45, 2.75) is 23.8 Å². The highest BCUT2D eigenvalue weighted by Gasteiger charge is 2.15. The van der Waals surface area contributed by atoms with Crippen LogP contribution in [0.15, 0.2) is 41.8 Å². The highest BCUT2D eigenvalue weighted by atomic mass is 32.2. The number of ether oxygens (including phenoxy) is 1. The maximum atomic E-state index is 12.1. The Morgan fingerprint density at radius 3 is 2.73 bits per heavy atom. The fourth-order valence-corrected chi connectivity index (χ4v) is 2.80. The third kappa shape index (κ3) is 4.53. The summed E-state index contributed by atoms with van der Waals surface area (Å²) in [5.41, 5.74) is 1.17. The van der Waals surface area contributed by atoms with Gasteiger partial charge in [-0.2, -0.15) is 0 Å². The lowest BCUT2D eigenvalue weighted by atomic mass is 10.1. The number of rotatable bonds is 7. The van der Waals surface area contributed by atoms with E-state index in [1.807, 2.05) is 49.0 Å². The molecule has 118 valence electrons. The van der Waals surface area contributed by atoms with Crippen LogP contribution in [0.4, 0.5) is 0 Å². The van der Waals surface area contributed by atoms with Crippen LogP contribution in [0.2, 0.25) is 0 Å². The zero-order valence-corrected chi connectivity index (χ0v) is 13.9. The van der Waals surface area contributed by atoms with Crippen LogP contribution in [0.3, 0.4) is 0 Å². The first-order chi connectivity index (χ1) is 10.6. The SMILES string of the molecule is COc1ccc(CCNC(=O)C(C)Sc2nccn2C)cc1. The maximum absolute atomic E-state index is 12.1. The topological polar surface area (TPSA) is 56.1 Å². The molecule has 0 bridgehead atoms. The van der Waals surface area contributed by atoms with Gasteiger partial charge in [0.15, 0.2) is 5.16 Å². The van der Waals surface area contributed by atoms with Crippen molar-refractivity contribution < 1.29 is 9.53 Å². The largest absolute Gasteiger partial charge is 0.497 e. The fraction of sp³-hybridized carbons (Fsp3) is 0.375. The van der Waals surface area contributed by atoms with Crippen LogP contribution in [0.1, 0.15) is 12.5 Å². The van der Waals surface area contributed by atoms with Crippen molar-refractivity contribution in [3.63, 3.8) is 0 Å². The molecule has 0 fully saturated rings. The van der Waals surface area contributed by atoms with Gasteiger partial charge in [-0.25, -0.2) is 4.98 Å². The van der Waals surface area contributed by atoms with Crippen LogP contribution < -0.4 is 10.1 Å². The van der Waals surface area contributed by atoms with Gasteiger partial charge in [-0.3, -0.25) is 4.79 Å². The minimum absolute atomic E-state index is 0.0292. The van der Waals surface area contributed by atoms with Gasteiger partial charge in [0, 0.05) is 26.0 Å². The van der Waals surface area contributed by atoms with E-state index in [0.29, 0.717) is 6.54 Å². The third-order valence-corrected chi connectivity index (χ3v) is 4.47. The molecule has 6 heteroatoms. The summed E-state index contributed by atoms with van der Waals surface area (Å²) in [5.74, 6) is 0.870. The van der Waals surface area contributed by atoms with Gasteiger partial charge in [0.2, 0.25) is 5.91 Å². The van der Waals surface area contributed by atoms with Crippen molar-refractivity contribution in [2.75, 3.05) is 13.7 Å². The molecule has 0 aliphatic heterocycles. The van der Waals surface area contributed by atoms with Crippen LogP contribution in [0, 0.1) is 0 Å². The lowest BCUT2D eigenvalue weighted by Gasteiger charge is -2.11. The van der Waals surface area contributed by atoms with E-state index in [2.05, 4.69) is 10.3 Å². The molecular formula is C16H21N3O2S. The lowest BCUT2D eigenvalue weighted by Crippen LogP contribution is -2.32. The number of thioether (sulfide) groups is 1. The number of aromatic nitrogens is 2. The number of nitrogens with zero attached hydrogens (tertiary/aromatic N) is 2. The van der Waals surface area contributed by atoms with Gasteiger partial charge in [0.05, 0.1) is 12.4 Å². The third-order valence-electron chi connectivity index (χ3n) is 3.30. The van der Waals surface area contributed by atoms with Gasteiger partial charge in [0.25, 0.3) is 0 Å². The number of carbonyl (C=O) groups is 1. The molecule has 1 amide bonds. The zero-order valence-electron chi connectivity index (χ0n) is 13.1. The van der Waals surface area contributed by atoms with Crippen molar-refractivity contribution in [3.05, 3.63) is 42.2 Å². The highest BCUT2D eigenvalue weighted by Crippen LogP contribution is 2.20. The fourth-order valence-electron chi connectivity index (χ4n) is 1.94. The number of nitrogens with one attached hydrogen (secondary N) is 1. The predicted octanol–water partition coefficient (Wildman–Crippen LogP) is 2.27. The molecule has 0 saturated carbocycles. The average Bonchev–Trinajstić information content (AvgIpc) is 2.93. The Bertz CT molecular complexity index is 610. The number of amides is 1. The van der Waals surface area contributed by atoms with Crippen molar-refractivity contribution in [1.82, 2.24) is 14.9 Å². The van der Waals surface area contributed by atoms with Crippen LogP contribution in [0.5, 0.6) is 5.75 Å². The number of hydrogen-bond acceptors (Lipinski definition) is 4. The lowest BCUT2D eigenvalue weighted by molar-refractivity contribution is -0.120. The summed E-state index contributed by atoms with van der Waals surface area (Å²) in [6, 6.07) is 7.88. The molecule has 1 N–H and O–H groups in total. The van der Waals surface area contributed by atoms with E-state index in [1.165, 1.54) is 17.3 Å². The Morgan fingerprint density at radius 2 is 2.14 bits per heavy atom. The van der Waals surface area contributed by atoms with E-state index in [-0.39, 0.29) is 11.2 Å². The first-order valence-electron chi connectivity index (χ1n) is 7.14. The van der Waals surface area contributed by atoms with E-state index in [0.717, 1.165) is 17.3 Å². The first kappa shape index (κ1) is 16.4. The second-order valence-corrected chi connectivity index (χ2v) is 6.28. The zero-order chi connectivity index (χ0) is 15.9. The summed E-state index contributed by atoms with van der Waals surface area (Å²) in [6.07, 6.45) is 4.41. The van der Waals surface area contributed by atoms with Crippen LogP contribution in [-0.2, 0) is 18.3 Å². The summed E-state index contributed by atoms with van der Waals surface area (Å²) in [4.78, 5) is 16.3. The Kier molecular flexibility index (Phi) is 5.89. The molecule has 22 heavy (non-hydrogen) atoms. The molecule has 0 aliphatic carbocycles. The molecule has 0 saturated heterocycles. The molecule has 0 radical (unpaired) electrons. The molecule has 1 unspecified atom stereocenters. The number of benzene rings is 1. The van der Waals surface area contributed by atoms with Crippen molar-refractivity contribution >= 4 is 17.7 Å². The smallest absolute Gasteiger partial charge is 0.233 e. The van der Waals surface area contributed by atoms with Gasteiger partial charge in [-0.1, -0.05) is 23.9 Å². The van der Waals surface area contributed by atoms with Crippen LogP contribution in [-0.4, -0.2) is 34.4 Å². The molecule has 0 aliphatic rings. The van der Waals surface area contributed by atoms with Gasteiger partial charge in [-0.15, -0.1) is 0 Å². The molecule has 2 aromatic rings. The normalized spacial score (nSPS) is 12.0. The summed E-state index contributed by atoms with van der Waals surface area (Å²) >= 11 is 1.46. The summed E-state index contributed by atoms with van der Waals surface area (Å²) in [7, 11) is 3.57. The summed E-state index contributed by atoms with van der Waals surface area (Å²) < 4.78 is 7.03. The van der Waals surface area contributed by atoms with Crippen molar-refractivity contribution in [3.8, 4) is 5.75 Å². The number of carbonyl (C=O) groups excluding carboxylic acids is 1. The Labute approximate surface area is 135 Å². The van der Waals surface area contributed by atoms with Crippen molar-refractivity contribution in [1.29, 1.82) is 0 Å². The van der Waals surface area contributed by atoms with E-state index in [9.17, 15) is 4.79 Å². The monoisotopic (exact) mass is 319 g/mol. The first-order valence-corrected chi connectivity index (χ1v) is 8.02. The standard InChI is InChI=1S/C16H21N3O2S/c1-12(22-16-18-10-11-19(16)2)15(20)17-9-8-13-4-6-14(21-3)7-5-13/h4-7,10-12H,8-9H2,1-3H3,(H,17,20). The Balaban J connectivity index is 1.75.